The standard InChI is InChI=1S/C4H5O2S/c1-3-2-5-4(7)6-3/h3H,1-2H2. The molecular formula is C4H5O2S. The fourth-order valence-electron chi connectivity index (χ4n) is 0.365. The molecule has 0 aliphatic carbocycles. The lowest BCUT2D eigenvalue weighted by Crippen LogP contribution is -2.01. The number of thiocarbonyl (C=S) groups is 1. The summed E-state index contributed by atoms with van der Waals surface area (Å²) < 4.78 is 9.47. The Kier molecular flexibility index (Phi) is 1.15. The van der Waals surface area contributed by atoms with Gasteiger partial charge in [0.15, 0.2) is 0 Å². The van der Waals surface area contributed by atoms with Crippen LogP contribution in [0, 0.1) is 6.92 Å². The quantitative estimate of drug-likeness (QED) is 0.431. The van der Waals surface area contributed by atoms with Gasteiger partial charge in [-0.15, -0.1) is 0 Å². The van der Waals surface area contributed by atoms with Crippen LogP contribution in [0.3, 0.4) is 0 Å². The first-order valence-corrected chi connectivity index (χ1v) is 2.36. The molecule has 7 heavy (non-hydrogen) atoms. The molecule has 1 rings (SSSR count). The van der Waals surface area contributed by atoms with Gasteiger partial charge in [-0.2, -0.15) is 0 Å². The fourth-order valence-corrected chi connectivity index (χ4v) is 0.569. The average Bonchev–Trinajstić information content (AvgIpc) is 1.87. The van der Waals surface area contributed by atoms with Gasteiger partial charge in [0.2, 0.25) is 0 Å². The summed E-state index contributed by atoms with van der Waals surface area (Å²) in [6.07, 6.45) is -0.0903. The van der Waals surface area contributed by atoms with E-state index in [1.54, 1.807) is 0 Å². The van der Waals surface area contributed by atoms with Crippen LogP contribution in [0.2, 0.25) is 0 Å². The third kappa shape index (κ3) is 1.03. The van der Waals surface area contributed by atoms with E-state index in [4.69, 9.17) is 9.47 Å². The second-order valence-electron chi connectivity index (χ2n) is 1.30. The highest BCUT2D eigenvalue weighted by molar-refractivity contribution is 7.79. The first-order valence-electron chi connectivity index (χ1n) is 1.95. The molecule has 1 saturated heterocycles. The second-order valence-corrected chi connectivity index (χ2v) is 1.63. The maximum Gasteiger partial charge on any atom is 0.352 e. The van der Waals surface area contributed by atoms with Crippen molar-refractivity contribution in [3.63, 3.8) is 0 Å². The van der Waals surface area contributed by atoms with Crippen LogP contribution in [-0.2, 0) is 9.47 Å². The monoisotopic (exact) mass is 117 g/mol. The first kappa shape index (κ1) is 4.84. The third-order valence-corrected chi connectivity index (χ3v) is 0.864. The molecule has 1 aliphatic rings. The van der Waals surface area contributed by atoms with Crippen LogP contribution in [0.25, 0.3) is 0 Å². The number of hydrogen-bond acceptors (Lipinski definition) is 3. The van der Waals surface area contributed by atoms with Crippen molar-refractivity contribution in [1.29, 1.82) is 0 Å². The minimum atomic E-state index is -0.0903. The Morgan fingerprint density at radius 1 is 1.86 bits per heavy atom. The van der Waals surface area contributed by atoms with Gasteiger partial charge in [-0.25, -0.2) is 0 Å². The van der Waals surface area contributed by atoms with Crippen molar-refractivity contribution in [3.05, 3.63) is 6.92 Å². The van der Waals surface area contributed by atoms with Crippen LogP contribution in [-0.4, -0.2) is 17.9 Å². The van der Waals surface area contributed by atoms with Crippen molar-refractivity contribution in [2.75, 3.05) is 6.61 Å². The van der Waals surface area contributed by atoms with Gasteiger partial charge in [0.1, 0.15) is 12.7 Å². The predicted molar refractivity (Wildman–Crippen MR) is 28.8 cm³/mol. The van der Waals surface area contributed by atoms with Gasteiger partial charge in [-0.1, -0.05) is 0 Å². The first-order chi connectivity index (χ1) is 3.29. The minimum absolute atomic E-state index is 0.0903. The predicted octanol–water partition coefficient (Wildman–Crippen LogP) is 0.521. The Bertz CT molecular complexity index is 91.7. The van der Waals surface area contributed by atoms with Crippen molar-refractivity contribution in [1.82, 2.24) is 0 Å². The highest BCUT2D eigenvalue weighted by Gasteiger charge is 2.15. The molecule has 0 N–H and O–H groups in total. The molecule has 0 aromatic carbocycles. The lowest BCUT2D eigenvalue weighted by molar-refractivity contribution is 0.281. The maximum absolute atomic E-state index is 4.76. The molecule has 0 bridgehead atoms. The summed E-state index contributed by atoms with van der Waals surface area (Å²) in [7, 11) is 0. The molecule has 0 amide bonds. The lowest BCUT2D eigenvalue weighted by atomic mass is 10.5. The average molecular weight is 117 g/mol. The molecule has 3 heteroatoms. The Morgan fingerprint density at radius 3 is 2.71 bits per heavy atom. The lowest BCUT2D eigenvalue weighted by Gasteiger charge is -1.91. The largest absolute Gasteiger partial charge is 0.453 e. The molecule has 1 unspecified atom stereocenters. The molecule has 1 aliphatic heterocycles. The molecule has 0 aromatic heterocycles. The van der Waals surface area contributed by atoms with Crippen LogP contribution in [0.1, 0.15) is 0 Å². The van der Waals surface area contributed by atoms with E-state index < -0.39 is 0 Å². The highest BCUT2D eigenvalue weighted by Crippen LogP contribution is 2.03. The molecule has 1 atom stereocenters. The molecule has 0 saturated carbocycles. The van der Waals surface area contributed by atoms with Gasteiger partial charge in [0.05, 0.1) is 0 Å². The number of hydrogen-bond donors (Lipinski definition) is 0. The molecule has 1 radical (unpaired) electrons. The summed E-state index contributed by atoms with van der Waals surface area (Å²) in [5, 5.41) is 0.222. The molecule has 2 nitrogen and oxygen atoms in total. The van der Waals surface area contributed by atoms with Crippen molar-refractivity contribution in [3.8, 4) is 0 Å². The zero-order valence-electron chi connectivity index (χ0n) is 3.72. The van der Waals surface area contributed by atoms with E-state index in [-0.39, 0.29) is 11.3 Å². The summed E-state index contributed by atoms with van der Waals surface area (Å²) in [6, 6.07) is 0. The fraction of sp³-hybridized carbons (Fsp3) is 0.500. The minimum Gasteiger partial charge on any atom is -0.453 e. The number of rotatable bonds is 0. The second kappa shape index (κ2) is 1.66. The Hall–Kier alpha value is -0.310. The molecule has 1 fully saturated rings. The van der Waals surface area contributed by atoms with Gasteiger partial charge >= 0.3 is 5.24 Å². The van der Waals surface area contributed by atoms with Crippen LogP contribution >= 0.6 is 12.2 Å². The van der Waals surface area contributed by atoms with Gasteiger partial charge < -0.3 is 9.47 Å². The summed E-state index contributed by atoms with van der Waals surface area (Å²) in [6.45, 7) is 4.05. The van der Waals surface area contributed by atoms with E-state index >= 15 is 0 Å². The van der Waals surface area contributed by atoms with E-state index in [1.807, 2.05) is 0 Å². The van der Waals surface area contributed by atoms with Crippen molar-refractivity contribution < 1.29 is 9.47 Å². The van der Waals surface area contributed by atoms with E-state index in [2.05, 4.69) is 19.1 Å². The van der Waals surface area contributed by atoms with Crippen molar-refractivity contribution in [2.45, 2.75) is 6.10 Å². The van der Waals surface area contributed by atoms with Crippen LogP contribution in [0.4, 0.5) is 0 Å². The van der Waals surface area contributed by atoms with E-state index in [0.717, 1.165) is 0 Å². The molecular weight excluding hydrogens is 112 g/mol. The smallest absolute Gasteiger partial charge is 0.352 e. The van der Waals surface area contributed by atoms with Crippen LogP contribution in [0.5, 0.6) is 0 Å². The van der Waals surface area contributed by atoms with E-state index in [9.17, 15) is 0 Å². The Labute approximate surface area is 47.4 Å². The molecule has 39 valence electrons. The Morgan fingerprint density at radius 2 is 2.57 bits per heavy atom. The van der Waals surface area contributed by atoms with Crippen LogP contribution < -0.4 is 0 Å². The SMILES string of the molecule is [CH2]C1COC(=S)O1. The van der Waals surface area contributed by atoms with Crippen molar-refractivity contribution in [2.24, 2.45) is 0 Å². The van der Waals surface area contributed by atoms with Gasteiger partial charge in [-0.3, -0.25) is 0 Å². The number of ether oxygens (including phenoxy) is 2. The molecule has 0 aromatic rings. The maximum atomic E-state index is 4.76. The normalized spacial score (nSPS) is 29.3. The molecule has 1 heterocycles. The van der Waals surface area contributed by atoms with Gasteiger partial charge in [0.25, 0.3) is 0 Å². The van der Waals surface area contributed by atoms with Gasteiger partial charge in [-0.05, 0) is 6.92 Å². The summed E-state index contributed by atoms with van der Waals surface area (Å²) in [5.74, 6) is 0. The zero-order chi connectivity index (χ0) is 5.28. The molecule has 0 spiro atoms. The Balaban J connectivity index is 2.40. The van der Waals surface area contributed by atoms with E-state index in [0.29, 0.717) is 6.61 Å². The highest BCUT2D eigenvalue weighted by atomic mass is 32.1. The topological polar surface area (TPSA) is 18.5 Å². The third-order valence-electron chi connectivity index (χ3n) is 0.650. The van der Waals surface area contributed by atoms with Crippen molar-refractivity contribution >= 4 is 17.5 Å². The summed E-state index contributed by atoms with van der Waals surface area (Å²) >= 11 is 4.51. The summed E-state index contributed by atoms with van der Waals surface area (Å²) in [5.41, 5.74) is 0. The zero-order valence-corrected chi connectivity index (χ0v) is 4.53. The summed E-state index contributed by atoms with van der Waals surface area (Å²) in [4.78, 5) is 0. The van der Waals surface area contributed by atoms with Gasteiger partial charge in [0, 0.05) is 12.2 Å². The van der Waals surface area contributed by atoms with E-state index in [1.165, 1.54) is 0 Å². The van der Waals surface area contributed by atoms with Crippen LogP contribution in [0.15, 0.2) is 0 Å².